The summed E-state index contributed by atoms with van der Waals surface area (Å²) < 4.78 is 137. The number of pyridine rings is 1. The first kappa shape index (κ1) is 50.5. The fourth-order valence-electron chi connectivity index (χ4n) is 7.07. The van der Waals surface area contributed by atoms with Crippen molar-refractivity contribution in [1.29, 1.82) is 0 Å². The lowest BCUT2D eigenvalue weighted by molar-refractivity contribution is -0.143. The second kappa shape index (κ2) is 19.5. The van der Waals surface area contributed by atoms with E-state index in [1.54, 1.807) is 30.9 Å². The molecule has 1 aliphatic carbocycles. The second-order valence-electron chi connectivity index (χ2n) is 14.8. The number of alkyl halides is 8. The SMILES string of the molecule is CNC(Cc1cc(F)cc(F)c1)c1nc(C#CC(C)(C)SC)ccc1-c1ccc(Cl)c2c(N(SC)C(=O)Cl)nn(CC(F)(F)F)c12.C[C@H]1CC(F)(F)c2c1c(C(F)(F)F)nn2CC=O. The highest BCUT2D eigenvalue weighted by Gasteiger charge is 2.53. The van der Waals surface area contributed by atoms with E-state index >= 15 is 0 Å². The zero-order valence-electron chi connectivity index (χ0n) is 34.5. The number of carbonyl (C=O) groups is 2. The first-order chi connectivity index (χ1) is 29.7. The molecule has 0 bridgehead atoms. The van der Waals surface area contributed by atoms with Gasteiger partial charge in [0.15, 0.2) is 11.5 Å². The molecule has 344 valence electrons. The zero-order chi connectivity index (χ0) is 47.7. The molecule has 0 saturated carbocycles. The van der Waals surface area contributed by atoms with E-state index in [9.17, 15) is 53.5 Å². The van der Waals surface area contributed by atoms with Gasteiger partial charge in [-0.25, -0.2) is 18.1 Å². The van der Waals surface area contributed by atoms with Crippen LogP contribution in [-0.4, -0.2) is 66.7 Å². The number of thioether (sulfide) groups is 1. The Hall–Kier alpha value is -4.49. The molecule has 1 unspecified atom stereocenters. The fourth-order valence-corrected chi connectivity index (χ4v) is 8.20. The van der Waals surface area contributed by atoms with Crippen LogP contribution in [0.15, 0.2) is 42.5 Å². The molecule has 23 heteroatoms. The minimum Gasteiger partial charge on any atom is -0.311 e. The van der Waals surface area contributed by atoms with E-state index in [2.05, 4.69) is 27.4 Å². The molecule has 1 amide bonds. The molecule has 0 spiro atoms. The molecular weight excluding hydrogens is 948 g/mol. The smallest absolute Gasteiger partial charge is 0.311 e. The van der Waals surface area contributed by atoms with Gasteiger partial charge < -0.3 is 10.1 Å². The summed E-state index contributed by atoms with van der Waals surface area (Å²) in [6.45, 7) is 3.08. The van der Waals surface area contributed by atoms with Crippen molar-refractivity contribution in [2.45, 2.75) is 81.7 Å². The summed E-state index contributed by atoms with van der Waals surface area (Å²) in [4.78, 5) is 27.4. The average molecular weight is 985 g/mol. The number of fused-ring (bicyclic) bond motifs is 2. The summed E-state index contributed by atoms with van der Waals surface area (Å²) in [5.74, 6) is 0.221. The fraction of sp³-hybridized carbons (Fsp3) is 0.390. The molecule has 0 saturated heterocycles. The second-order valence-corrected chi connectivity index (χ2v) is 17.7. The van der Waals surface area contributed by atoms with Gasteiger partial charge in [0, 0.05) is 35.4 Å². The van der Waals surface area contributed by atoms with Crippen LogP contribution in [0.5, 0.6) is 0 Å². The van der Waals surface area contributed by atoms with Crippen molar-refractivity contribution in [3.63, 3.8) is 0 Å². The Kier molecular flexibility index (Phi) is 15.4. The molecule has 3 heterocycles. The van der Waals surface area contributed by atoms with Gasteiger partial charge in [0.25, 0.3) is 5.92 Å². The normalized spacial score (nSPS) is 15.2. The number of halogens is 12. The Morgan fingerprint density at radius 2 is 1.67 bits per heavy atom. The number of benzene rings is 2. The van der Waals surface area contributed by atoms with Crippen molar-refractivity contribution in [1.82, 2.24) is 29.9 Å². The highest BCUT2D eigenvalue weighted by atomic mass is 35.5. The van der Waals surface area contributed by atoms with E-state index in [1.165, 1.54) is 37.4 Å². The maximum absolute atomic E-state index is 14.1. The summed E-state index contributed by atoms with van der Waals surface area (Å²) in [5.41, 5.74) is -0.908. The van der Waals surface area contributed by atoms with Gasteiger partial charge in [0.2, 0.25) is 0 Å². The molecule has 1 aliphatic rings. The van der Waals surface area contributed by atoms with Crippen molar-refractivity contribution in [2.75, 3.05) is 23.9 Å². The van der Waals surface area contributed by atoms with Crippen molar-refractivity contribution in [2.24, 2.45) is 0 Å². The summed E-state index contributed by atoms with van der Waals surface area (Å²) in [6, 6.07) is 8.80. The van der Waals surface area contributed by atoms with Crippen LogP contribution >= 0.6 is 46.9 Å². The van der Waals surface area contributed by atoms with E-state index < -0.39 is 88.4 Å². The van der Waals surface area contributed by atoms with Gasteiger partial charge in [0.05, 0.1) is 39.0 Å². The van der Waals surface area contributed by atoms with E-state index in [1.807, 2.05) is 20.1 Å². The number of nitrogens with one attached hydrogen (secondary N) is 1. The van der Waals surface area contributed by atoms with Crippen LogP contribution in [0, 0.1) is 23.5 Å². The van der Waals surface area contributed by atoms with E-state index in [4.69, 9.17) is 28.2 Å². The van der Waals surface area contributed by atoms with Crippen LogP contribution in [-0.2, 0) is 36.4 Å². The first-order valence-electron chi connectivity index (χ1n) is 18.8. The minimum atomic E-state index is -4.80. The van der Waals surface area contributed by atoms with E-state index in [0.29, 0.717) is 27.2 Å². The van der Waals surface area contributed by atoms with Crippen molar-refractivity contribution in [3.05, 3.63) is 93.0 Å². The molecule has 2 atom stereocenters. The van der Waals surface area contributed by atoms with Gasteiger partial charge in [-0.1, -0.05) is 30.5 Å². The highest BCUT2D eigenvalue weighted by molar-refractivity contribution is 8.00. The maximum Gasteiger partial charge on any atom is 0.435 e. The van der Waals surface area contributed by atoms with Crippen molar-refractivity contribution in [3.8, 4) is 23.0 Å². The first-order valence-corrected chi connectivity index (χ1v) is 21.9. The number of aldehydes is 1. The van der Waals surface area contributed by atoms with E-state index in [-0.39, 0.29) is 40.0 Å². The van der Waals surface area contributed by atoms with Crippen LogP contribution in [0.2, 0.25) is 5.02 Å². The van der Waals surface area contributed by atoms with Crippen LogP contribution in [0.25, 0.3) is 22.0 Å². The molecule has 0 fully saturated rings. The van der Waals surface area contributed by atoms with Crippen LogP contribution in [0.3, 0.4) is 0 Å². The predicted octanol–water partition coefficient (Wildman–Crippen LogP) is 11.7. The number of aromatic nitrogens is 5. The van der Waals surface area contributed by atoms with Crippen molar-refractivity contribution < 1.29 is 53.5 Å². The number of likely N-dealkylation sites (N-methyl/N-ethyl adjacent to an activating group) is 1. The molecule has 0 aliphatic heterocycles. The standard InChI is InChI=1S/C31H28Cl2F5N5OS2.C10H9F5N2O/c1-30(2,45-4)11-10-20-6-7-21(26(40-20)24(39-3)14-17-12-18(34)15-19(35)13-17)22-8-9-23(32)25-27(22)42(16-31(36,37)38)41-28(25)43(46-5)29(33)44;1-5-4-9(11,12)8-6(5)7(10(13,14)15)16-17(8)2-3-18/h6-9,12-13,15,24,39H,14,16H2,1-5H3;3,5H,2,4H2,1H3/t;5-/m.0/s1. The van der Waals surface area contributed by atoms with E-state index in [0.717, 1.165) is 27.0 Å². The van der Waals surface area contributed by atoms with Crippen LogP contribution < -0.4 is 9.62 Å². The maximum atomic E-state index is 14.1. The van der Waals surface area contributed by atoms with Gasteiger partial charge in [-0.15, -0.1) is 11.8 Å². The average Bonchev–Trinajstić information content (AvgIpc) is 3.83. The molecule has 1 N–H and O–H groups in total. The number of anilines is 1. The summed E-state index contributed by atoms with van der Waals surface area (Å²) in [5, 5.41) is 9.51. The quantitative estimate of drug-likeness (QED) is 0.0349. The lowest BCUT2D eigenvalue weighted by Crippen LogP contribution is -2.22. The van der Waals surface area contributed by atoms with Gasteiger partial charge in [-0.3, -0.25) is 14.2 Å². The Balaban J connectivity index is 0.000000355. The van der Waals surface area contributed by atoms with Gasteiger partial charge >= 0.3 is 17.7 Å². The summed E-state index contributed by atoms with van der Waals surface area (Å²) in [6.07, 6.45) is -6.43. The van der Waals surface area contributed by atoms with Crippen molar-refractivity contribution >= 4 is 75.3 Å². The Morgan fingerprint density at radius 1 is 1.03 bits per heavy atom. The topological polar surface area (TPSA) is 97.9 Å². The summed E-state index contributed by atoms with van der Waals surface area (Å²) >= 11 is 14.7. The Labute approximate surface area is 378 Å². The number of amides is 1. The van der Waals surface area contributed by atoms with Gasteiger partial charge in [0.1, 0.15) is 35.9 Å². The molecule has 64 heavy (non-hydrogen) atoms. The third-order valence-corrected chi connectivity index (χ3v) is 12.3. The summed E-state index contributed by atoms with van der Waals surface area (Å²) in [7, 11) is 1.63. The monoisotopic (exact) mass is 983 g/mol. The number of hydrogen-bond donors (Lipinski definition) is 1. The molecule has 9 nitrogen and oxygen atoms in total. The minimum absolute atomic E-state index is 0.0196. The molecular formula is C41H37Cl2F10N7O2S2. The number of rotatable bonds is 11. The molecule has 0 radical (unpaired) electrons. The Morgan fingerprint density at radius 3 is 2.22 bits per heavy atom. The van der Waals surface area contributed by atoms with Crippen LogP contribution in [0.1, 0.15) is 73.1 Å². The Bertz CT molecular complexity index is 2600. The predicted molar refractivity (Wildman–Crippen MR) is 228 cm³/mol. The van der Waals surface area contributed by atoms with Crippen LogP contribution in [0.4, 0.5) is 54.5 Å². The molecule has 5 aromatic rings. The number of hydrogen-bond acceptors (Lipinski definition) is 8. The largest absolute Gasteiger partial charge is 0.435 e. The zero-order valence-corrected chi connectivity index (χ0v) is 37.6. The number of carbonyl (C=O) groups excluding carboxylic acids is 2. The van der Waals surface area contributed by atoms with Gasteiger partial charge in [-0.2, -0.15) is 45.3 Å². The number of nitrogens with zero attached hydrogens (tertiary/aromatic N) is 6. The molecule has 3 aromatic heterocycles. The molecule has 6 rings (SSSR count). The highest BCUT2D eigenvalue weighted by Crippen LogP contribution is 2.52. The third kappa shape index (κ3) is 11.3. The third-order valence-electron chi connectivity index (χ3n) is 9.85. The lowest BCUT2D eigenvalue weighted by Gasteiger charge is -2.21. The lowest BCUT2D eigenvalue weighted by atomic mass is 9.94. The van der Waals surface area contributed by atoms with Gasteiger partial charge in [-0.05, 0) is 105 Å². The molecule has 2 aromatic carbocycles.